The molecule has 0 unspecified atom stereocenters. The van der Waals surface area contributed by atoms with Crippen molar-refractivity contribution in [1.29, 1.82) is 0 Å². The van der Waals surface area contributed by atoms with Crippen LogP contribution in [0.3, 0.4) is 0 Å². The molecule has 0 aromatic heterocycles. The SMILES string of the molecule is CCN1C(=CCSC(=S)NC(C)=O)Sc2ccccc21. The van der Waals surface area contributed by atoms with E-state index in [-0.39, 0.29) is 5.91 Å². The van der Waals surface area contributed by atoms with Gasteiger partial charge in [0.2, 0.25) is 5.91 Å². The molecular weight excluding hydrogens is 308 g/mol. The zero-order valence-electron chi connectivity index (χ0n) is 11.4. The molecule has 106 valence electrons. The van der Waals surface area contributed by atoms with Crippen molar-refractivity contribution >= 4 is 51.7 Å². The third-order valence-corrected chi connectivity index (χ3v) is 5.02. The maximum atomic E-state index is 10.9. The van der Waals surface area contributed by atoms with Gasteiger partial charge in [-0.3, -0.25) is 4.79 Å². The Bertz CT molecular complexity index is 557. The summed E-state index contributed by atoms with van der Waals surface area (Å²) in [5.41, 5.74) is 1.26. The molecule has 1 aromatic carbocycles. The molecule has 0 bridgehead atoms. The quantitative estimate of drug-likeness (QED) is 0.859. The summed E-state index contributed by atoms with van der Waals surface area (Å²) in [4.78, 5) is 14.5. The van der Waals surface area contributed by atoms with Crippen LogP contribution < -0.4 is 10.2 Å². The van der Waals surface area contributed by atoms with Gasteiger partial charge in [-0.2, -0.15) is 0 Å². The zero-order valence-corrected chi connectivity index (χ0v) is 13.8. The summed E-state index contributed by atoms with van der Waals surface area (Å²) >= 11 is 8.32. The standard InChI is InChI=1S/C14H16N2OS3/c1-3-16-11-6-4-5-7-12(11)20-13(16)8-9-19-14(18)15-10(2)17/h4-8H,3,9H2,1-2H3,(H,15,17,18). The molecule has 1 aliphatic heterocycles. The van der Waals surface area contributed by atoms with E-state index in [0.717, 1.165) is 12.3 Å². The van der Waals surface area contributed by atoms with Crippen molar-refractivity contribution in [2.75, 3.05) is 17.2 Å². The normalized spacial score (nSPS) is 15.3. The van der Waals surface area contributed by atoms with Crippen LogP contribution in [0.2, 0.25) is 0 Å². The van der Waals surface area contributed by atoms with Crippen LogP contribution in [0.4, 0.5) is 5.69 Å². The molecule has 0 saturated heterocycles. The van der Waals surface area contributed by atoms with Gasteiger partial charge in [0.1, 0.15) is 4.32 Å². The Balaban J connectivity index is 1.98. The maximum Gasteiger partial charge on any atom is 0.222 e. The maximum absolute atomic E-state index is 10.9. The van der Waals surface area contributed by atoms with Crippen molar-refractivity contribution in [2.24, 2.45) is 0 Å². The summed E-state index contributed by atoms with van der Waals surface area (Å²) in [5.74, 6) is 0.638. The van der Waals surface area contributed by atoms with E-state index in [0.29, 0.717) is 4.32 Å². The number of hydrogen-bond donors (Lipinski definition) is 1. The first-order valence-electron chi connectivity index (χ1n) is 6.30. The minimum atomic E-state index is -0.118. The Morgan fingerprint density at radius 3 is 2.95 bits per heavy atom. The number of nitrogens with zero attached hydrogens (tertiary/aromatic N) is 1. The van der Waals surface area contributed by atoms with Crippen molar-refractivity contribution in [1.82, 2.24) is 5.32 Å². The van der Waals surface area contributed by atoms with Crippen molar-refractivity contribution < 1.29 is 4.79 Å². The number of thioether (sulfide) groups is 2. The van der Waals surface area contributed by atoms with Crippen molar-refractivity contribution in [2.45, 2.75) is 18.7 Å². The predicted molar refractivity (Wildman–Crippen MR) is 92.3 cm³/mol. The molecule has 0 radical (unpaired) electrons. The van der Waals surface area contributed by atoms with Gasteiger partial charge in [0.25, 0.3) is 0 Å². The fourth-order valence-electron chi connectivity index (χ4n) is 1.90. The second-order valence-corrected chi connectivity index (χ2v) is 6.90. The number of benzene rings is 1. The summed E-state index contributed by atoms with van der Waals surface area (Å²) in [6.07, 6.45) is 2.16. The minimum absolute atomic E-state index is 0.118. The number of anilines is 1. The number of fused-ring (bicyclic) bond motifs is 1. The first-order valence-corrected chi connectivity index (χ1v) is 8.51. The molecule has 1 N–H and O–H groups in total. The summed E-state index contributed by atoms with van der Waals surface area (Å²) in [7, 11) is 0. The van der Waals surface area contributed by atoms with Crippen molar-refractivity contribution in [3.63, 3.8) is 0 Å². The van der Waals surface area contributed by atoms with E-state index in [4.69, 9.17) is 12.2 Å². The van der Waals surface area contributed by atoms with Gasteiger partial charge in [0.15, 0.2) is 0 Å². The van der Waals surface area contributed by atoms with Gasteiger partial charge >= 0.3 is 0 Å². The van der Waals surface area contributed by atoms with Crippen molar-refractivity contribution in [3.05, 3.63) is 35.4 Å². The molecule has 2 rings (SSSR count). The Hall–Kier alpha value is -0.980. The largest absolute Gasteiger partial charge is 0.336 e. The molecule has 0 fully saturated rings. The summed E-state index contributed by atoms with van der Waals surface area (Å²) in [5, 5.41) is 3.84. The molecule has 0 atom stereocenters. The highest BCUT2D eigenvalue weighted by molar-refractivity contribution is 8.23. The third kappa shape index (κ3) is 3.77. The average Bonchev–Trinajstić information content (AvgIpc) is 2.75. The molecule has 20 heavy (non-hydrogen) atoms. The lowest BCUT2D eigenvalue weighted by Crippen LogP contribution is -2.23. The molecule has 0 saturated carbocycles. The number of amides is 1. The molecule has 0 spiro atoms. The average molecular weight is 324 g/mol. The minimum Gasteiger partial charge on any atom is -0.336 e. The highest BCUT2D eigenvalue weighted by Gasteiger charge is 2.22. The predicted octanol–water partition coefficient (Wildman–Crippen LogP) is 3.61. The number of carbonyl (C=O) groups excluding carboxylic acids is 1. The van der Waals surface area contributed by atoms with Gasteiger partial charge in [-0.05, 0) is 25.1 Å². The topological polar surface area (TPSA) is 32.3 Å². The highest BCUT2D eigenvalue weighted by Crippen LogP contribution is 2.45. The Morgan fingerprint density at radius 2 is 2.25 bits per heavy atom. The van der Waals surface area contributed by atoms with Gasteiger partial charge in [-0.15, -0.1) is 0 Å². The number of nitrogens with one attached hydrogen (secondary N) is 1. The van der Waals surface area contributed by atoms with Crippen LogP contribution >= 0.6 is 35.7 Å². The van der Waals surface area contributed by atoms with Gasteiger partial charge in [-0.25, -0.2) is 0 Å². The van der Waals surface area contributed by atoms with E-state index in [9.17, 15) is 4.79 Å². The lowest BCUT2D eigenvalue weighted by atomic mass is 10.3. The van der Waals surface area contributed by atoms with Gasteiger partial charge in [0, 0.05) is 24.1 Å². The molecule has 6 heteroatoms. The highest BCUT2D eigenvalue weighted by atomic mass is 32.2. The molecule has 1 amide bonds. The van der Waals surface area contributed by atoms with Crippen LogP contribution in [0.25, 0.3) is 0 Å². The molecule has 1 aromatic rings. The smallest absolute Gasteiger partial charge is 0.222 e. The van der Waals surface area contributed by atoms with E-state index >= 15 is 0 Å². The fourth-order valence-corrected chi connectivity index (χ4v) is 4.12. The Kier molecular flexibility index (Phi) is 5.51. The molecular formula is C14H16N2OS3. The first-order chi connectivity index (χ1) is 9.61. The Labute approximate surface area is 133 Å². The van der Waals surface area contributed by atoms with Gasteiger partial charge < -0.3 is 10.2 Å². The number of carbonyl (C=O) groups is 1. The fraction of sp³-hybridized carbons (Fsp3) is 0.286. The van der Waals surface area contributed by atoms with E-state index < -0.39 is 0 Å². The third-order valence-electron chi connectivity index (χ3n) is 2.70. The van der Waals surface area contributed by atoms with Crippen LogP contribution in [0.15, 0.2) is 40.3 Å². The second-order valence-electron chi connectivity index (χ2n) is 4.14. The van der Waals surface area contributed by atoms with Crippen LogP contribution in [-0.4, -0.2) is 22.5 Å². The lowest BCUT2D eigenvalue weighted by Gasteiger charge is -2.17. The van der Waals surface area contributed by atoms with Crippen LogP contribution in [0.1, 0.15) is 13.8 Å². The monoisotopic (exact) mass is 324 g/mol. The summed E-state index contributed by atoms with van der Waals surface area (Å²) in [6.45, 7) is 4.55. The zero-order chi connectivity index (χ0) is 14.5. The number of para-hydroxylation sites is 1. The summed E-state index contributed by atoms with van der Waals surface area (Å²) in [6, 6.07) is 8.40. The molecule has 0 aliphatic carbocycles. The number of thiocarbonyl (C=S) groups is 1. The number of hydrogen-bond acceptors (Lipinski definition) is 5. The molecule has 3 nitrogen and oxygen atoms in total. The molecule has 1 aliphatic rings. The number of rotatable bonds is 3. The van der Waals surface area contributed by atoms with Crippen LogP contribution in [-0.2, 0) is 4.79 Å². The van der Waals surface area contributed by atoms with Crippen molar-refractivity contribution in [3.8, 4) is 0 Å². The molecule has 1 heterocycles. The Morgan fingerprint density at radius 1 is 1.50 bits per heavy atom. The van der Waals surface area contributed by atoms with Gasteiger partial charge in [-0.1, -0.05) is 47.9 Å². The van der Waals surface area contributed by atoms with E-state index in [1.165, 1.54) is 34.3 Å². The van der Waals surface area contributed by atoms with E-state index in [1.807, 2.05) is 0 Å². The second kappa shape index (κ2) is 7.15. The lowest BCUT2D eigenvalue weighted by molar-refractivity contribution is -0.117. The van der Waals surface area contributed by atoms with Gasteiger partial charge in [0.05, 0.1) is 10.7 Å². The summed E-state index contributed by atoms with van der Waals surface area (Å²) < 4.78 is 0.526. The van der Waals surface area contributed by atoms with Crippen LogP contribution in [0, 0.1) is 0 Å². The first kappa shape index (κ1) is 15.4. The van der Waals surface area contributed by atoms with E-state index in [1.54, 1.807) is 11.8 Å². The van der Waals surface area contributed by atoms with E-state index in [2.05, 4.69) is 47.5 Å². The van der Waals surface area contributed by atoms with Crippen LogP contribution in [0.5, 0.6) is 0 Å².